The Labute approximate surface area is 311 Å². The third-order valence-electron chi connectivity index (χ3n) is 10.1. The quantitative estimate of drug-likeness (QED) is 0.0844. The largest absolute Gasteiger partial charge is 0.493 e. The van der Waals surface area contributed by atoms with Crippen molar-refractivity contribution < 1.29 is 28.9 Å². The average molecular weight is 749 g/mol. The number of anilines is 1. The topological polar surface area (TPSA) is 129 Å². The molecule has 2 aromatic heterocycles. The molecule has 4 N–H and O–H groups in total. The van der Waals surface area contributed by atoms with E-state index in [1.54, 1.807) is 32.3 Å². The fourth-order valence-corrected chi connectivity index (χ4v) is 7.46. The van der Waals surface area contributed by atoms with Gasteiger partial charge in [-0.05, 0) is 68.0 Å². The Hall–Kier alpha value is -4.26. The summed E-state index contributed by atoms with van der Waals surface area (Å²) in [6, 6.07) is 15.1. The van der Waals surface area contributed by atoms with Gasteiger partial charge in [-0.1, -0.05) is 54.1 Å². The lowest BCUT2D eigenvalue weighted by atomic mass is 9.80. The smallest absolute Gasteiger partial charge is 0.323 e. The number of likely N-dealkylation sites (tertiary alicyclic amines) is 1. The summed E-state index contributed by atoms with van der Waals surface area (Å²) >= 11 is 14.4. The van der Waals surface area contributed by atoms with Crippen molar-refractivity contribution in [3.63, 3.8) is 0 Å². The number of ether oxygens (including phenoxy) is 2. The van der Waals surface area contributed by atoms with Gasteiger partial charge in [-0.25, -0.2) is 9.37 Å². The molecule has 272 valence electrons. The van der Waals surface area contributed by atoms with Gasteiger partial charge in [0, 0.05) is 55.6 Å². The van der Waals surface area contributed by atoms with E-state index in [1.807, 2.05) is 54.6 Å². The van der Waals surface area contributed by atoms with Gasteiger partial charge in [0.25, 0.3) is 0 Å². The molecule has 2 fully saturated rings. The highest BCUT2D eigenvalue weighted by atomic mass is 35.5. The molecule has 0 amide bonds. The second kappa shape index (κ2) is 14.3. The number of carbonyl (C=O) groups is 1. The van der Waals surface area contributed by atoms with Gasteiger partial charge in [-0.3, -0.25) is 20.0 Å². The van der Waals surface area contributed by atoms with E-state index in [1.165, 1.54) is 6.07 Å². The van der Waals surface area contributed by atoms with Crippen LogP contribution in [0.2, 0.25) is 5.02 Å². The normalized spacial score (nSPS) is 23.7. The van der Waals surface area contributed by atoms with Crippen LogP contribution in [0, 0.1) is 5.82 Å². The van der Waals surface area contributed by atoms with Crippen LogP contribution in [-0.2, 0) is 17.9 Å². The number of hydrogen-bond donors (Lipinski definition) is 4. The van der Waals surface area contributed by atoms with Crippen molar-refractivity contribution in [2.24, 2.45) is 0 Å². The van der Waals surface area contributed by atoms with Crippen LogP contribution in [0.4, 0.5) is 10.2 Å². The Morgan fingerprint density at radius 2 is 1.94 bits per heavy atom. The summed E-state index contributed by atoms with van der Waals surface area (Å²) in [6.07, 6.45) is 10.2. The number of alkyl halides is 1. The van der Waals surface area contributed by atoms with Gasteiger partial charge in [0.1, 0.15) is 32.5 Å². The molecule has 1 aliphatic heterocycles. The van der Waals surface area contributed by atoms with Gasteiger partial charge >= 0.3 is 5.97 Å². The van der Waals surface area contributed by atoms with Gasteiger partial charge < -0.3 is 25.0 Å². The third-order valence-corrected chi connectivity index (χ3v) is 10.9. The molecule has 3 aliphatic rings. The number of benzene rings is 2. The SMILES string of the molecule is CCOc1cc(OC2(Nc3nccc4cc(CN5CCC(O)C5)cnc34)C=CC=C(c3ccccc3)C2(C)Cl)c(Cl)c(F)c1CNC1(C(=O)O)CC1. The summed E-state index contributed by atoms with van der Waals surface area (Å²) in [4.78, 5) is 22.1. The molecule has 52 heavy (non-hydrogen) atoms. The number of aliphatic carboxylic acids is 1. The highest BCUT2D eigenvalue weighted by Crippen LogP contribution is 2.49. The van der Waals surface area contributed by atoms with Crippen molar-refractivity contribution in [3.8, 4) is 11.5 Å². The Morgan fingerprint density at radius 3 is 2.63 bits per heavy atom. The van der Waals surface area contributed by atoms with E-state index in [2.05, 4.69) is 20.5 Å². The number of β-amino-alcohol motifs (C(OH)–C–C–N with tert-alkyl or cyclic N) is 1. The predicted octanol–water partition coefficient (Wildman–Crippen LogP) is 6.93. The first kappa shape index (κ1) is 36.1. The fourth-order valence-electron chi connectivity index (χ4n) is 6.93. The molecule has 0 radical (unpaired) electrons. The van der Waals surface area contributed by atoms with Crippen molar-refractivity contribution in [1.29, 1.82) is 0 Å². The van der Waals surface area contributed by atoms with Gasteiger partial charge in [-0.2, -0.15) is 0 Å². The fraction of sp³-hybridized carbons (Fsp3) is 0.359. The number of allylic oxidation sites excluding steroid dienone is 2. The first-order valence-electron chi connectivity index (χ1n) is 17.3. The summed E-state index contributed by atoms with van der Waals surface area (Å²) in [5, 5.41) is 26.6. The number of hydrogen-bond acceptors (Lipinski definition) is 9. The molecule has 4 aromatic rings. The third kappa shape index (κ3) is 6.83. The summed E-state index contributed by atoms with van der Waals surface area (Å²) in [6.45, 7) is 5.75. The molecule has 0 spiro atoms. The van der Waals surface area contributed by atoms with E-state index >= 15 is 4.39 Å². The second-order valence-electron chi connectivity index (χ2n) is 13.7. The van der Waals surface area contributed by atoms with Crippen LogP contribution >= 0.6 is 23.2 Å². The molecule has 2 aliphatic carbocycles. The number of carboxylic acid groups (broad SMARTS) is 1. The molecule has 13 heteroatoms. The molecule has 7 rings (SSSR count). The van der Waals surface area contributed by atoms with Crippen molar-refractivity contribution in [2.75, 3.05) is 25.0 Å². The van der Waals surface area contributed by atoms with Crippen LogP contribution in [-0.4, -0.2) is 73.0 Å². The van der Waals surface area contributed by atoms with E-state index in [0.717, 1.165) is 35.1 Å². The van der Waals surface area contributed by atoms with Crippen molar-refractivity contribution in [1.82, 2.24) is 20.2 Å². The lowest BCUT2D eigenvalue weighted by molar-refractivity contribution is -0.140. The van der Waals surface area contributed by atoms with Gasteiger partial charge in [0.05, 0.1) is 12.7 Å². The molecular formula is C39H40Cl2FN5O5. The zero-order chi connectivity index (χ0) is 36.7. The molecular weight excluding hydrogens is 708 g/mol. The van der Waals surface area contributed by atoms with Crippen LogP contribution in [0.3, 0.4) is 0 Å². The molecule has 2 aromatic carbocycles. The molecule has 1 saturated heterocycles. The van der Waals surface area contributed by atoms with Crippen LogP contribution in [0.5, 0.6) is 11.5 Å². The number of aliphatic hydroxyl groups is 1. The summed E-state index contributed by atoms with van der Waals surface area (Å²) in [7, 11) is 0. The summed E-state index contributed by atoms with van der Waals surface area (Å²) < 4.78 is 29.0. The number of fused-ring (bicyclic) bond motifs is 1. The summed E-state index contributed by atoms with van der Waals surface area (Å²) in [5.74, 6) is -1.31. The number of rotatable bonds is 13. The van der Waals surface area contributed by atoms with Crippen molar-refractivity contribution in [3.05, 3.63) is 107 Å². The van der Waals surface area contributed by atoms with E-state index in [4.69, 9.17) is 37.7 Å². The lowest BCUT2D eigenvalue weighted by Crippen LogP contribution is -2.59. The van der Waals surface area contributed by atoms with Crippen LogP contribution in [0.15, 0.2) is 79.2 Å². The van der Waals surface area contributed by atoms with Crippen molar-refractivity contribution in [2.45, 2.75) is 68.4 Å². The number of aliphatic hydroxyl groups excluding tert-OH is 1. The van der Waals surface area contributed by atoms with Crippen LogP contribution in [0.1, 0.15) is 49.8 Å². The second-order valence-corrected chi connectivity index (χ2v) is 14.8. The molecule has 10 nitrogen and oxygen atoms in total. The van der Waals surface area contributed by atoms with E-state index in [-0.39, 0.29) is 41.3 Å². The molecule has 0 bridgehead atoms. The maximum atomic E-state index is 16.3. The number of aromatic nitrogens is 2. The maximum absolute atomic E-state index is 16.3. The predicted molar refractivity (Wildman–Crippen MR) is 199 cm³/mol. The van der Waals surface area contributed by atoms with Crippen molar-refractivity contribution >= 4 is 51.5 Å². The maximum Gasteiger partial charge on any atom is 0.323 e. The first-order valence-corrected chi connectivity index (χ1v) is 18.1. The summed E-state index contributed by atoms with van der Waals surface area (Å²) in [5.41, 5.74) is 0.493. The average Bonchev–Trinajstić information content (AvgIpc) is 3.82. The van der Waals surface area contributed by atoms with E-state index in [0.29, 0.717) is 37.3 Å². The zero-order valence-corrected chi connectivity index (χ0v) is 30.3. The van der Waals surface area contributed by atoms with Gasteiger partial charge in [0.2, 0.25) is 5.72 Å². The Kier molecular flexibility index (Phi) is 9.92. The van der Waals surface area contributed by atoms with Crippen LogP contribution < -0.4 is 20.1 Å². The zero-order valence-electron chi connectivity index (χ0n) is 28.8. The molecule has 3 heterocycles. The Morgan fingerprint density at radius 1 is 1.15 bits per heavy atom. The number of nitrogens with one attached hydrogen (secondary N) is 2. The van der Waals surface area contributed by atoms with E-state index in [9.17, 15) is 15.0 Å². The molecule has 3 unspecified atom stereocenters. The highest BCUT2D eigenvalue weighted by Gasteiger charge is 2.54. The first-order chi connectivity index (χ1) is 24.9. The van der Waals surface area contributed by atoms with Gasteiger partial charge in [0.15, 0.2) is 11.6 Å². The minimum Gasteiger partial charge on any atom is -0.493 e. The minimum atomic E-state index is -1.62. The molecule has 1 saturated carbocycles. The minimum absolute atomic E-state index is 0.0487. The monoisotopic (exact) mass is 747 g/mol. The van der Waals surface area contributed by atoms with E-state index < -0.39 is 27.9 Å². The van der Waals surface area contributed by atoms with Gasteiger partial charge in [-0.15, -0.1) is 11.6 Å². The standard InChI is InChI=1S/C39H40Cl2FN5O5/c1-3-51-30-19-31(32(40)33(42)28(30)21-45-38(14-15-38)36(49)50)52-39(13-7-10-29(37(39,2)41)25-8-5-4-6-9-25)46-35-34-26(11-16-43-35)18-24(20-44-34)22-47-17-12-27(48)23-47/h4-11,13,16,18-20,27,45,48H,3,12,14-15,17,21-23H2,1-2H3,(H,43,46)(H,49,50). The lowest BCUT2D eigenvalue weighted by Gasteiger charge is -2.46. The number of pyridine rings is 2. The highest BCUT2D eigenvalue weighted by molar-refractivity contribution is 6.33. The number of carboxylic acids is 1. The number of nitrogens with zero attached hydrogens (tertiary/aromatic N) is 3. The Balaban J connectivity index is 1.29. The van der Waals surface area contributed by atoms with Crippen LogP contribution in [0.25, 0.3) is 16.5 Å². The Bertz CT molecular complexity index is 2060. The molecule has 3 atom stereocenters. The number of halogens is 3.